The van der Waals surface area contributed by atoms with Gasteiger partial charge >= 0.3 is 0 Å². The molecule has 0 amide bonds. The van der Waals surface area contributed by atoms with Crippen molar-refractivity contribution in [2.45, 2.75) is 46.2 Å². The Morgan fingerprint density at radius 3 is 2.83 bits per heavy atom. The Kier molecular flexibility index (Phi) is 4.52. The van der Waals surface area contributed by atoms with Crippen molar-refractivity contribution >= 4 is 11.6 Å². The number of benzene rings is 1. The minimum absolute atomic E-state index is 0.543. The highest BCUT2D eigenvalue weighted by atomic mass is 35.5. The quantitative estimate of drug-likeness (QED) is 0.876. The molecule has 1 aliphatic rings. The fraction of sp³-hybridized carbons (Fsp3) is 0.600. The SMILES string of the molecule is CCC(NCc1cc(Cl)cc2c1OCC2)C(C)C. The molecule has 0 saturated carbocycles. The van der Waals surface area contributed by atoms with E-state index in [2.05, 4.69) is 26.1 Å². The monoisotopic (exact) mass is 267 g/mol. The summed E-state index contributed by atoms with van der Waals surface area (Å²) in [7, 11) is 0. The van der Waals surface area contributed by atoms with Gasteiger partial charge in [-0.3, -0.25) is 0 Å². The third-order valence-corrected chi connectivity index (χ3v) is 3.84. The summed E-state index contributed by atoms with van der Waals surface area (Å²) in [5, 5.41) is 4.42. The molecule has 1 atom stereocenters. The van der Waals surface area contributed by atoms with Gasteiger partial charge in [-0.05, 0) is 30.0 Å². The van der Waals surface area contributed by atoms with E-state index in [4.69, 9.17) is 16.3 Å². The fourth-order valence-electron chi connectivity index (χ4n) is 2.57. The maximum atomic E-state index is 6.16. The molecule has 1 N–H and O–H groups in total. The molecule has 0 fully saturated rings. The van der Waals surface area contributed by atoms with Crippen LogP contribution in [-0.4, -0.2) is 12.6 Å². The van der Waals surface area contributed by atoms with Gasteiger partial charge < -0.3 is 10.1 Å². The highest BCUT2D eigenvalue weighted by molar-refractivity contribution is 6.30. The zero-order chi connectivity index (χ0) is 13.1. The molecule has 100 valence electrons. The molecule has 0 aliphatic carbocycles. The number of ether oxygens (including phenoxy) is 1. The van der Waals surface area contributed by atoms with Crippen LogP contribution in [0.1, 0.15) is 38.3 Å². The van der Waals surface area contributed by atoms with E-state index in [1.165, 1.54) is 11.1 Å². The summed E-state index contributed by atoms with van der Waals surface area (Å²) in [6.07, 6.45) is 2.12. The van der Waals surface area contributed by atoms with E-state index in [-0.39, 0.29) is 0 Å². The van der Waals surface area contributed by atoms with Crippen LogP contribution in [0.3, 0.4) is 0 Å². The summed E-state index contributed by atoms with van der Waals surface area (Å²) in [6.45, 7) is 8.33. The number of halogens is 1. The molecule has 1 aromatic rings. The second-order valence-corrected chi connectivity index (χ2v) is 5.73. The first kappa shape index (κ1) is 13.7. The maximum absolute atomic E-state index is 6.16. The fourth-order valence-corrected chi connectivity index (χ4v) is 2.83. The van der Waals surface area contributed by atoms with Crippen LogP contribution >= 0.6 is 11.6 Å². The van der Waals surface area contributed by atoms with Crippen LogP contribution in [0.5, 0.6) is 5.75 Å². The molecule has 0 aromatic heterocycles. The van der Waals surface area contributed by atoms with E-state index in [9.17, 15) is 0 Å². The van der Waals surface area contributed by atoms with Crippen molar-refractivity contribution in [1.82, 2.24) is 5.32 Å². The molecule has 2 nitrogen and oxygen atoms in total. The van der Waals surface area contributed by atoms with E-state index in [0.717, 1.165) is 36.8 Å². The summed E-state index contributed by atoms with van der Waals surface area (Å²) in [6, 6.07) is 4.58. The Labute approximate surface area is 115 Å². The third-order valence-electron chi connectivity index (χ3n) is 3.62. The van der Waals surface area contributed by atoms with Gasteiger partial charge in [0.2, 0.25) is 0 Å². The molecule has 1 heterocycles. The molecule has 1 aromatic carbocycles. The second-order valence-electron chi connectivity index (χ2n) is 5.29. The zero-order valence-electron chi connectivity index (χ0n) is 11.4. The van der Waals surface area contributed by atoms with Crippen LogP contribution in [0.15, 0.2) is 12.1 Å². The van der Waals surface area contributed by atoms with Gasteiger partial charge in [0, 0.05) is 29.6 Å². The van der Waals surface area contributed by atoms with Crippen LogP contribution in [-0.2, 0) is 13.0 Å². The van der Waals surface area contributed by atoms with Gasteiger partial charge in [0.1, 0.15) is 5.75 Å². The van der Waals surface area contributed by atoms with Gasteiger partial charge in [-0.2, -0.15) is 0 Å². The van der Waals surface area contributed by atoms with Gasteiger partial charge in [-0.25, -0.2) is 0 Å². The third kappa shape index (κ3) is 2.99. The van der Waals surface area contributed by atoms with E-state index >= 15 is 0 Å². The van der Waals surface area contributed by atoms with Gasteiger partial charge in [0.05, 0.1) is 6.61 Å². The van der Waals surface area contributed by atoms with Gasteiger partial charge in [-0.15, -0.1) is 0 Å². The molecular formula is C15H22ClNO. The first-order valence-corrected chi connectivity index (χ1v) is 7.17. The van der Waals surface area contributed by atoms with Crippen LogP contribution < -0.4 is 10.1 Å². The van der Waals surface area contributed by atoms with Gasteiger partial charge in [0.15, 0.2) is 0 Å². The Morgan fingerprint density at radius 1 is 1.39 bits per heavy atom. The van der Waals surface area contributed by atoms with Crippen molar-refractivity contribution < 1.29 is 4.74 Å². The molecule has 3 heteroatoms. The van der Waals surface area contributed by atoms with Crippen molar-refractivity contribution in [2.24, 2.45) is 5.92 Å². The molecule has 0 spiro atoms. The normalized spacial score (nSPS) is 15.6. The molecule has 2 rings (SSSR count). The molecular weight excluding hydrogens is 246 g/mol. The lowest BCUT2D eigenvalue weighted by atomic mass is 10.0. The first-order chi connectivity index (χ1) is 8.61. The summed E-state index contributed by atoms with van der Waals surface area (Å²) >= 11 is 6.16. The average molecular weight is 268 g/mol. The molecule has 18 heavy (non-hydrogen) atoms. The number of hydrogen-bond donors (Lipinski definition) is 1. The van der Waals surface area contributed by atoms with E-state index < -0.39 is 0 Å². The smallest absolute Gasteiger partial charge is 0.127 e. The number of fused-ring (bicyclic) bond motifs is 1. The highest BCUT2D eigenvalue weighted by Gasteiger charge is 2.18. The number of nitrogens with one attached hydrogen (secondary N) is 1. The van der Waals surface area contributed by atoms with Crippen LogP contribution in [0.4, 0.5) is 0 Å². The Balaban J connectivity index is 2.10. The van der Waals surface area contributed by atoms with Crippen molar-refractivity contribution in [3.63, 3.8) is 0 Å². The molecule has 1 unspecified atom stereocenters. The Hall–Kier alpha value is -0.730. The standard InChI is InChI=1S/C15H22ClNO/c1-4-14(10(2)3)17-9-12-8-13(16)7-11-5-6-18-15(11)12/h7-8,10,14,17H,4-6,9H2,1-3H3. The van der Waals surface area contributed by atoms with Crippen LogP contribution in [0.25, 0.3) is 0 Å². The number of rotatable bonds is 5. The average Bonchev–Trinajstić information content (AvgIpc) is 2.77. The van der Waals surface area contributed by atoms with E-state index in [1.54, 1.807) is 0 Å². The molecule has 0 bridgehead atoms. The second kappa shape index (κ2) is 5.94. The number of hydrogen-bond acceptors (Lipinski definition) is 2. The maximum Gasteiger partial charge on any atom is 0.127 e. The summed E-state index contributed by atoms with van der Waals surface area (Å²) in [5.74, 6) is 1.69. The minimum Gasteiger partial charge on any atom is -0.493 e. The van der Waals surface area contributed by atoms with Crippen molar-refractivity contribution in [1.29, 1.82) is 0 Å². The molecule has 0 radical (unpaired) electrons. The minimum atomic E-state index is 0.543. The Bertz CT molecular complexity index is 417. The predicted molar refractivity (Wildman–Crippen MR) is 76.4 cm³/mol. The predicted octanol–water partition coefficient (Wildman–Crippen LogP) is 3.80. The summed E-state index contributed by atoms with van der Waals surface area (Å²) in [4.78, 5) is 0. The summed E-state index contributed by atoms with van der Waals surface area (Å²) in [5.41, 5.74) is 2.44. The first-order valence-electron chi connectivity index (χ1n) is 6.79. The van der Waals surface area contributed by atoms with Crippen molar-refractivity contribution in [2.75, 3.05) is 6.61 Å². The lowest BCUT2D eigenvalue weighted by molar-refractivity contribution is 0.346. The Morgan fingerprint density at radius 2 is 2.17 bits per heavy atom. The molecule has 1 aliphatic heterocycles. The van der Waals surface area contributed by atoms with Crippen molar-refractivity contribution in [3.05, 3.63) is 28.3 Å². The highest BCUT2D eigenvalue weighted by Crippen LogP contribution is 2.32. The van der Waals surface area contributed by atoms with Gasteiger partial charge in [-0.1, -0.05) is 32.4 Å². The van der Waals surface area contributed by atoms with Crippen molar-refractivity contribution in [3.8, 4) is 5.75 Å². The molecule has 0 saturated heterocycles. The van der Waals surface area contributed by atoms with Gasteiger partial charge in [0.25, 0.3) is 0 Å². The largest absolute Gasteiger partial charge is 0.493 e. The lowest BCUT2D eigenvalue weighted by Gasteiger charge is -2.21. The van der Waals surface area contributed by atoms with Crippen LogP contribution in [0, 0.1) is 5.92 Å². The summed E-state index contributed by atoms with van der Waals surface area (Å²) < 4.78 is 5.71. The van der Waals surface area contributed by atoms with E-state index in [0.29, 0.717) is 12.0 Å². The lowest BCUT2D eigenvalue weighted by Crippen LogP contribution is -2.32. The van der Waals surface area contributed by atoms with Crippen LogP contribution in [0.2, 0.25) is 5.02 Å². The topological polar surface area (TPSA) is 21.3 Å². The van der Waals surface area contributed by atoms with E-state index in [1.807, 2.05) is 12.1 Å². The zero-order valence-corrected chi connectivity index (χ0v) is 12.2.